The summed E-state index contributed by atoms with van der Waals surface area (Å²) in [5.41, 5.74) is 6.15. The second-order valence-electron chi connectivity index (χ2n) is 4.32. The SMILES string of the molecule is NC(=S)C(NC(=O)c1c(F)cccc1Cl)c1ccccc1. The quantitative estimate of drug-likeness (QED) is 0.850. The zero-order chi connectivity index (χ0) is 15.4. The van der Waals surface area contributed by atoms with Gasteiger partial charge in [-0.15, -0.1) is 0 Å². The van der Waals surface area contributed by atoms with Crippen molar-refractivity contribution in [3.05, 3.63) is 70.5 Å². The maximum absolute atomic E-state index is 13.7. The van der Waals surface area contributed by atoms with Gasteiger partial charge in [0.05, 0.1) is 10.6 Å². The van der Waals surface area contributed by atoms with Gasteiger partial charge in [-0.3, -0.25) is 4.79 Å². The molecule has 1 atom stereocenters. The molecule has 0 spiro atoms. The minimum absolute atomic E-state index is 0.0299. The van der Waals surface area contributed by atoms with Crippen LogP contribution in [0, 0.1) is 5.82 Å². The van der Waals surface area contributed by atoms with Gasteiger partial charge in [-0.25, -0.2) is 4.39 Å². The highest BCUT2D eigenvalue weighted by molar-refractivity contribution is 7.80. The summed E-state index contributed by atoms with van der Waals surface area (Å²) in [5.74, 6) is -1.37. The van der Waals surface area contributed by atoms with Crippen molar-refractivity contribution >= 4 is 34.7 Å². The minimum Gasteiger partial charge on any atom is -0.391 e. The van der Waals surface area contributed by atoms with Crippen molar-refractivity contribution in [2.75, 3.05) is 0 Å². The summed E-state index contributed by atoms with van der Waals surface area (Å²) in [6, 6.07) is 12.3. The molecule has 3 N–H and O–H groups in total. The summed E-state index contributed by atoms with van der Waals surface area (Å²) in [5, 5.41) is 2.63. The van der Waals surface area contributed by atoms with E-state index in [-0.39, 0.29) is 15.6 Å². The van der Waals surface area contributed by atoms with E-state index in [1.54, 1.807) is 24.3 Å². The molecule has 2 aromatic rings. The fraction of sp³-hybridized carbons (Fsp3) is 0.0667. The molecule has 1 amide bonds. The molecule has 3 nitrogen and oxygen atoms in total. The van der Waals surface area contributed by atoms with E-state index >= 15 is 0 Å². The number of hydrogen-bond acceptors (Lipinski definition) is 2. The Morgan fingerprint density at radius 2 is 1.86 bits per heavy atom. The van der Waals surface area contributed by atoms with Crippen molar-refractivity contribution < 1.29 is 9.18 Å². The third-order valence-electron chi connectivity index (χ3n) is 2.88. The van der Waals surface area contributed by atoms with E-state index in [0.29, 0.717) is 5.56 Å². The number of amides is 1. The molecule has 0 heterocycles. The first-order valence-electron chi connectivity index (χ1n) is 6.10. The summed E-state index contributed by atoms with van der Waals surface area (Å²) in [6.45, 7) is 0. The van der Waals surface area contributed by atoms with E-state index in [9.17, 15) is 9.18 Å². The lowest BCUT2D eigenvalue weighted by atomic mass is 10.1. The average molecular weight is 323 g/mol. The molecule has 0 radical (unpaired) electrons. The zero-order valence-corrected chi connectivity index (χ0v) is 12.4. The number of benzene rings is 2. The van der Waals surface area contributed by atoms with Gasteiger partial charge in [-0.1, -0.05) is 60.2 Å². The molecule has 21 heavy (non-hydrogen) atoms. The first kappa shape index (κ1) is 15.4. The zero-order valence-electron chi connectivity index (χ0n) is 10.8. The van der Waals surface area contributed by atoms with Crippen molar-refractivity contribution in [1.82, 2.24) is 5.32 Å². The standard InChI is InChI=1S/C15H12ClFN2OS/c16-10-7-4-8-11(17)12(10)15(20)19-13(14(18)21)9-5-2-1-3-6-9/h1-8,13H,(H2,18,21)(H,19,20). The molecule has 1 unspecified atom stereocenters. The van der Waals surface area contributed by atoms with Gasteiger partial charge in [0.15, 0.2) is 0 Å². The Hall–Kier alpha value is -1.98. The Labute approximate surface area is 131 Å². The van der Waals surface area contributed by atoms with Gasteiger partial charge in [0.25, 0.3) is 5.91 Å². The van der Waals surface area contributed by atoms with Crippen LogP contribution in [0.15, 0.2) is 48.5 Å². The van der Waals surface area contributed by atoms with Crippen LogP contribution in [0.3, 0.4) is 0 Å². The molecule has 0 saturated heterocycles. The Morgan fingerprint density at radius 3 is 2.43 bits per heavy atom. The molecule has 0 bridgehead atoms. The molecule has 0 aromatic heterocycles. The molecular weight excluding hydrogens is 311 g/mol. The summed E-state index contributed by atoms with van der Waals surface area (Å²) < 4.78 is 13.7. The summed E-state index contributed by atoms with van der Waals surface area (Å²) >= 11 is 10.8. The van der Waals surface area contributed by atoms with Gasteiger partial charge in [0.1, 0.15) is 16.8 Å². The van der Waals surface area contributed by atoms with Gasteiger partial charge in [-0.05, 0) is 17.7 Å². The number of hydrogen-bond donors (Lipinski definition) is 2. The number of carbonyl (C=O) groups excluding carboxylic acids is 1. The van der Waals surface area contributed by atoms with E-state index in [2.05, 4.69) is 5.32 Å². The summed E-state index contributed by atoms with van der Waals surface area (Å²) in [7, 11) is 0. The van der Waals surface area contributed by atoms with Crippen molar-refractivity contribution in [1.29, 1.82) is 0 Å². The first-order valence-corrected chi connectivity index (χ1v) is 6.88. The van der Waals surface area contributed by atoms with Crippen molar-refractivity contribution in [3.8, 4) is 0 Å². The Bertz CT molecular complexity index is 658. The van der Waals surface area contributed by atoms with Gasteiger partial charge in [-0.2, -0.15) is 0 Å². The smallest absolute Gasteiger partial charge is 0.256 e. The predicted molar refractivity (Wildman–Crippen MR) is 84.8 cm³/mol. The normalized spacial score (nSPS) is 11.7. The maximum Gasteiger partial charge on any atom is 0.256 e. The molecule has 2 aromatic carbocycles. The van der Waals surface area contributed by atoms with Crippen LogP contribution in [0.5, 0.6) is 0 Å². The lowest BCUT2D eigenvalue weighted by molar-refractivity contribution is 0.0943. The second kappa shape index (κ2) is 6.65. The monoisotopic (exact) mass is 322 g/mol. The van der Waals surface area contributed by atoms with Crippen LogP contribution in [0.4, 0.5) is 4.39 Å². The maximum atomic E-state index is 13.7. The minimum atomic E-state index is -0.699. The molecule has 108 valence electrons. The van der Waals surface area contributed by atoms with Gasteiger partial charge >= 0.3 is 0 Å². The third-order valence-corrected chi connectivity index (χ3v) is 3.43. The van der Waals surface area contributed by atoms with Crippen LogP contribution in [-0.4, -0.2) is 10.9 Å². The van der Waals surface area contributed by atoms with Gasteiger partial charge in [0, 0.05) is 0 Å². The fourth-order valence-electron chi connectivity index (χ4n) is 1.88. The average Bonchev–Trinajstić information content (AvgIpc) is 2.45. The molecule has 6 heteroatoms. The van der Waals surface area contributed by atoms with Crippen molar-refractivity contribution in [2.45, 2.75) is 6.04 Å². The number of rotatable bonds is 4. The largest absolute Gasteiger partial charge is 0.391 e. The molecule has 0 fully saturated rings. The fourth-order valence-corrected chi connectivity index (χ4v) is 2.33. The Morgan fingerprint density at radius 1 is 1.19 bits per heavy atom. The lowest BCUT2D eigenvalue weighted by Crippen LogP contribution is -2.37. The summed E-state index contributed by atoms with van der Waals surface area (Å²) in [4.78, 5) is 12.3. The van der Waals surface area contributed by atoms with E-state index < -0.39 is 17.8 Å². The number of carbonyl (C=O) groups is 1. The van der Waals surface area contributed by atoms with Crippen molar-refractivity contribution in [2.24, 2.45) is 5.73 Å². The van der Waals surface area contributed by atoms with Crippen LogP contribution >= 0.6 is 23.8 Å². The highest BCUT2D eigenvalue weighted by atomic mass is 35.5. The molecule has 0 aliphatic heterocycles. The number of nitrogens with one attached hydrogen (secondary N) is 1. The van der Waals surface area contributed by atoms with Crippen LogP contribution < -0.4 is 11.1 Å². The van der Waals surface area contributed by atoms with Gasteiger partial charge < -0.3 is 11.1 Å². The van der Waals surface area contributed by atoms with Crippen molar-refractivity contribution in [3.63, 3.8) is 0 Å². The lowest BCUT2D eigenvalue weighted by Gasteiger charge is -2.18. The molecule has 0 saturated carbocycles. The Balaban J connectivity index is 2.30. The second-order valence-corrected chi connectivity index (χ2v) is 5.19. The number of thiocarbonyl (C=S) groups is 1. The highest BCUT2D eigenvalue weighted by Crippen LogP contribution is 2.21. The first-order chi connectivity index (χ1) is 10.0. The number of halogens is 2. The molecule has 2 rings (SSSR count). The third kappa shape index (κ3) is 3.56. The topological polar surface area (TPSA) is 55.1 Å². The Kier molecular flexibility index (Phi) is 4.88. The highest BCUT2D eigenvalue weighted by Gasteiger charge is 2.22. The summed E-state index contributed by atoms with van der Waals surface area (Å²) in [6.07, 6.45) is 0. The van der Waals surface area contributed by atoms with Crippen LogP contribution in [-0.2, 0) is 0 Å². The van der Waals surface area contributed by atoms with E-state index in [0.717, 1.165) is 0 Å². The van der Waals surface area contributed by atoms with Crippen LogP contribution in [0.2, 0.25) is 5.02 Å². The van der Waals surface area contributed by atoms with Crippen LogP contribution in [0.25, 0.3) is 0 Å². The van der Waals surface area contributed by atoms with E-state index in [4.69, 9.17) is 29.6 Å². The predicted octanol–water partition coefficient (Wildman–Crippen LogP) is 3.24. The molecule has 0 aliphatic rings. The van der Waals surface area contributed by atoms with E-state index in [1.807, 2.05) is 6.07 Å². The molecular formula is C15H12ClFN2OS. The van der Waals surface area contributed by atoms with E-state index in [1.165, 1.54) is 18.2 Å². The molecule has 0 aliphatic carbocycles. The number of nitrogens with two attached hydrogens (primary N) is 1. The van der Waals surface area contributed by atoms with Gasteiger partial charge in [0.2, 0.25) is 0 Å². The van der Waals surface area contributed by atoms with Crippen LogP contribution in [0.1, 0.15) is 22.0 Å².